The van der Waals surface area contributed by atoms with E-state index in [4.69, 9.17) is 9.31 Å². The zero-order valence-corrected chi connectivity index (χ0v) is 13.8. The van der Waals surface area contributed by atoms with E-state index in [1.165, 1.54) is 0 Å². The maximum absolute atomic E-state index is 5.82. The molecule has 0 spiro atoms. The minimum absolute atomic E-state index is 0. The van der Waals surface area contributed by atoms with E-state index in [9.17, 15) is 0 Å². The Kier molecular flexibility index (Phi) is 4.30. The molecule has 0 unspecified atom stereocenters. The van der Waals surface area contributed by atoms with E-state index in [2.05, 4.69) is 11.1 Å². The van der Waals surface area contributed by atoms with Gasteiger partial charge in [-0.05, 0) is 23.9 Å². The number of pyridine rings is 1. The van der Waals surface area contributed by atoms with Crippen LogP contribution in [0.1, 0.15) is 0 Å². The fourth-order valence-corrected chi connectivity index (χ4v) is 2.33. The van der Waals surface area contributed by atoms with Crippen LogP contribution in [0.2, 0.25) is 0 Å². The molecule has 0 N–H and O–H groups in total. The number of aromatic nitrogens is 1. The molecule has 110 valence electrons. The molecule has 5 heteroatoms. The minimum atomic E-state index is -0.423. The molecule has 1 aromatic heterocycles. The van der Waals surface area contributed by atoms with Gasteiger partial charge in [-0.15, -0.1) is 35.9 Å². The predicted octanol–water partition coefficient (Wildman–Crippen LogP) is 2.71. The third kappa shape index (κ3) is 2.79. The fraction of sp³-hybridized carbons (Fsp3) is 0. The molecule has 0 saturated heterocycles. The Labute approximate surface area is 143 Å². The first-order valence-corrected chi connectivity index (χ1v) is 6.75. The smallest absolute Gasteiger partial charge is 0.519 e. The summed E-state index contributed by atoms with van der Waals surface area (Å²) in [6.45, 7) is 0. The minimum Gasteiger partial charge on any atom is -0.519 e. The summed E-state index contributed by atoms with van der Waals surface area (Å²) in [5.41, 5.74) is 2.75. The van der Waals surface area contributed by atoms with Gasteiger partial charge in [0.05, 0.1) is 0 Å². The molecule has 22 heavy (non-hydrogen) atoms. The van der Waals surface area contributed by atoms with Gasteiger partial charge in [0.1, 0.15) is 11.5 Å². The van der Waals surface area contributed by atoms with Crippen molar-refractivity contribution in [2.45, 2.75) is 0 Å². The molecule has 0 fully saturated rings. The number of hydrogen-bond acceptors (Lipinski definition) is 3. The summed E-state index contributed by atoms with van der Waals surface area (Å²) in [5, 5.41) is 0. The van der Waals surface area contributed by atoms with Gasteiger partial charge in [-0.1, -0.05) is 18.2 Å². The number of rotatable bonds is 2. The Hall–Kier alpha value is -2.06. The van der Waals surface area contributed by atoms with Crippen LogP contribution in [0.4, 0.5) is 0 Å². The van der Waals surface area contributed by atoms with Crippen molar-refractivity contribution in [3.63, 3.8) is 0 Å². The largest absolute Gasteiger partial charge is 0.632 e. The van der Waals surface area contributed by atoms with Crippen LogP contribution in [-0.4, -0.2) is 12.1 Å². The third-order valence-electron chi connectivity index (χ3n) is 3.36. The molecule has 4 rings (SSSR count). The molecule has 0 atom stereocenters. The second-order valence-corrected chi connectivity index (χ2v) is 4.77. The van der Waals surface area contributed by atoms with Gasteiger partial charge in [-0.25, -0.2) is 0 Å². The molecule has 0 radical (unpaired) electrons. The quantitative estimate of drug-likeness (QED) is 0.430. The van der Waals surface area contributed by atoms with Gasteiger partial charge < -0.3 is 14.3 Å². The van der Waals surface area contributed by atoms with Gasteiger partial charge in [0.2, 0.25) is 0 Å². The summed E-state index contributed by atoms with van der Waals surface area (Å²) in [6.07, 6.45) is 1.77. The van der Waals surface area contributed by atoms with Crippen molar-refractivity contribution in [3.05, 3.63) is 72.9 Å². The molecule has 1 aliphatic heterocycles. The first kappa shape index (κ1) is 14.9. The maximum atomic E-state index is 5.82. The third-order valence-corrected chi connectivity index (χ3v) is 3.36. The van der Waals surface area contributed by atoms with Gasteiger partial charge in [-0.2, -0.15) is 0 Å². The second kappa shape index (κ2) is 6.37. The summed E-state index contributed by atoms with van der Waals surface area (Å²) >= 11 is 0. The number of benzene rings is 2. The number of nitrogens with zero attached hydrogens (tertiary/aromatic N) is 1. The fourth-order valence-electron chi connectivity index (χ4n) is 2.33. The van der Waals surface area contributed by atoms with E-state index in [0.29, 0.717) is 0 Å². The molecule has 2 aromatic carbocycles. The molecule has 0 bridgehead atoms. The second-order valence-electron chi connectivity index (χ2n) is 4.77. The number of fused-ring (bicyclic) bond motifs is 1. The van der Waals surface area contributed by atoms with E-state index in [1.807, 2.05) is 60.7 Å². The van der Waals surface area contributed by atoms with Crippen molar-refractivity contribution in [2.24, 2.45) is 0 Å². The zero-order valence-electron chi connectivity index (χ0n) is 11.5. The summed E-state index contributed by atoms with van der Waals surface area (Å²) in [6, 6.07) is 22.5. The first-order valence-electron chi connectivity index (χ1n) is 6.75. The van der Waals surface area contributed by atoms with Gasteiger partial charge in [0, 0.05) is 32.7 Å². The van der Waals surface area contributed by atoms with E-state index in [-0.39, 0.29) is 21.1 Å². The van der Waals surface area contributed by atoms with Crippen LogP contribution in [0, 0.1) is 6.07 Å². The summed E-state index contributed by atoms with van der Waals surface area (Å²) in [4.78, 5) is 4.39. The van der Waals surface area contributed by atoms with Gasteiger partial charge in [0.15, 0.2) is 0 Å². The molecule has 1 aliphatic rings. The molecule has 2 heterocycles. The van der Waals surface area contributed by atoms with Crippen LogP contribution in [0.3, 0.4) is 0 Å². The van der Waals surface area contributed by atoms with E-state index in [1.54, 1.807) is 6.20 Å². The summed E-state index contributed by atoms with van der Waals surface area (Å²) in [5.74, 6) is 1.54. The first-order chi connectivity index (χ1) is 10.4. The summed E-state index contributed by atoms with van der Waals surface area (Å²) in [7, 11) is -0.423. The normalized spacial score (nSPS) is 11.9. The summed E-state index contributed by atoms with van der Waals surface area (Å²) < 4.78 is 11.6. The van der Waals surface area contributed by atoms with Crippen molar-refractivity contribution in [2.75, 3.05) is 0 Å². The van der Waals surface area contributed by atoms with Crippen LogP contribution >= 0.6 is 0 Å². The molecule has 3 aromatic rings. The predicted molar refractivity (Wildman–Crippen MR) is 81.6 cm³/mol. The Bertz CT molecular complexity index is 757. The van der Waals surface area contributed by atoms with Gasteiger partial charge >= 0.3 is 7.12 Å². The number of para-hydroxylation sites is 2. The Balaban J connectivity index is 0.00000144. The maximum Gasteiger partial charge on any atom is 0.632 e. The van der Waals surface area contributed by atoms with E-state index in [0.717, 1.165) is 28.2 Å². The molecule has 0 saturated carbocycles. The van der Waals surface area contributed by atoms with Crippen molar-refractivity contribution >= 4 is 12.6 Å². The molecule has 3 nitrogen and oxygen atoms in total. The Morgan fingerprint density at radius 1 is 0.909 bits per heavy atom. The van der Waals surface area contributed by atoms with E-state index < -0.39 is 7.12 Å². The molecule has 0 amide bonds. The average molecular weight is 467 g/mol. The van der Waals surface area contributed by atoms with Crippen molar-refractivity contribution < 1.29 is 30.4 Å². The molecular formula is C17H11BNO2Pt-. The number of hydrogen-bond donors (Lipinski definition) is 0. The van der Waals surface area contributed by atoms with Crippen LogP contribution in [-0.2, 0) is 21.1 Å². The Morgan fingerprint density at radius 2 is 1.64 bits per heavy atom. The van der Waals surface area contributed by atoms with Crippen LogP contribution in [0.25, 0.3) is 11.3 Å². The van der Waals surface area contributed by atoms with Crippen molar-refractivity contribution in [3.8, 4) is 22.8 Å². The SMILES string of the molecule is [Pt].[c-]1ccccc1-c1cc(B2Oc3ccccc3O2)ccn1. The topological polar surface area (TPSA) is 31.4 Å². The monoisotopic (exact) mass is 467 g/mol. The molecule has 0 aliphatic carbocycles. The van der Waals surface area contributed by atoms with E-state index >= 15 is 0 Å². The Morgan fingerprint density at radius 3 is 2.32 bits per heavy atom. The standard InChI is InChI=1S/C17H11BNO2.Pt/c1-2-6-13(7-3-1)15-12-14(10-11-19-15)18-20-16-8-4-5-9-17(16)21-18;/h1-6,8-12H;/q-1;. The molecular weight excluding hydrogens is 456 g/mol. The van der Waals surface area contributed by atoms with Gasteiger partial charge in [-0.3, -0.25) is 0 Å². The van der Waals surface area contributed by atoms with Gasteiger partial charge in [0.25, 0.3) is 0 Å². The van der Waals surface area contributed by atoms with Crippen LogP contribution in [0.5, 0.6) is 11.5 Å². The zero-order chi connectivity index (χ0) is 14.1. The average Bonchev–Trinajstić information content (AvgIpc) is 3.00. The van der Waals surface area contributed by atoms with Crippen LogP contribution in [0.15, 0.2) is 66.9 Å². The van der Waals surface area contributed by atoms with Crippen molar-refractivity contribution in [1.29, 1.82) is 0 Å². The van der Waals surface area contributed by atoms with Crippen LogP contribution < -0.4 is 14.8 Å². The van der Waals surface area contributed by atoms with Crippen molar-refractivity contribution in [1.82, 2.24) is 4.98 Å².